The number of carbonyl (C=O) groups excluding carboxylic acids is 1. The number of ether oxygens (including phenoxy) is 2. The molecule has 0 saturated carbocycles. The molecular formula is C8H12ClN3O3S. The quantitative estimate of drug-likeness (QED) is 0.731. The zero-order valence-corrected chi connectivity index (χ0v) is 10.3. The van der Waals surface area contributed by atoms with Crippen LogP contribution in [0.4, 0.5) is 0 Å². The molecule has 0 atom stereocenters. The Morgan fingerprint density at radius 2 is 2.25 bits per heavy atom. The number of hydrogen-bond donors (Lipinski definition) is 1. The van der Waals surface area contributed by atoms with E-state index in [0.717, 1.165) is 11.3 Å². The summed E-state index contributed by atoms with van der Waals surface area (Å²) in [7, 11) is 1.60. The molecule has 0 saturated heterocycles. The van der Waals surface area contributed by atoms with Gasteiger partial charge in [0.15, 0.2) is 0 Å². The van der Waals surface area contributed by atoms with Crippen molar-refractivity contribution in [1.82, 2.24) is 15.5 Å². The predicted octanol–water partition coefficient (Wildman–Crippen LogP) is 0.584. The van der Waals surface area contributed by atoms with E-state index < -0.39 is 0 Å². The number of amides is 1. The molecule has 6 nitrogen and oxygen atoms in total. The molecule has 0 spiro atoms. The summed E-state index contributed by atoms with van der Waals surface area (Å²) in [6, 6.07) is 0. The van der Waals surface area contributed by atoms with Crippen LogP contribution in [0, 0.1) is 0 Å². The lowest BCUT2D eigenvalue weighted by Crippen LogP contribution is -2.27. The molecule has 8 heteroatoms. The monoisotopic (exact) mass is 265 g/mol. The van der Waals surface area contributed by atoms with E-state index in [9.17, 15) is 4.79 Å². The number of carbonyl (C=O) groups is 1. The van der Waals surface area contributed by atoms with Gasteiger partial charge in [-0.3, -0.25) is 4.79 Å². The summed E-state index contributed by atoms with van der Waals surface area (Å²) in [6.07, 6.45) is 0. The summed E-state index contributed by atoms with van der Waals surface area (Å²) in [5, 5.41) is 10.0. The Kier molecular flexibility index (Phi) is 6.24. The van der Waals surface area contributed by atoms with Gasteiger partial charge in [0.1, 0.15) is 0 Å². The average molecular weight is 266 g/mol. The van der Waals surface area contributed by atoms with E-state index in [2.05, 4.69) is 15.5 Å². The lowest BCUT2D eigenvalue weighted by molar-refractivity contribution is 0.0692. The minimum atomic E-state index is -0.292. The van der Waals surface area contributed by atoms with Crippen LogP contribution < -0.4 is 5.32 Å². The first-order valence-corrected chi connectivity index (χ1v) is 5.77. The maximum Gasteiger partial charge on any atom is 0.282 e. The Morgan fingerprint density at radius 1 is 1.44 bits per heavy atom. The van der Waals surface area contributed by atoms with Crippen LogP contribution in [-0.4, -0.2) is 49.6 Å². The molecular weight excluding hydrogens is 254 g/mol. The van der Waals surface area contributed by atoms with E-state index in [-0.39, 0.29) is 15.4 Å². The Morgan fingerprint density at radius 3 is 2.88 bits per heavy atom. The Hall–Kier alpha value is -0.760. The zero-order chi connectivity index (χ0) is 11.8. The molecule has 1 aromatic rings. The lowest BCUT2D eigenvalue weighted by atomic mass is 10.6. The van der Waals surface area contributed by atoms with Gasteiger partial charge in [-0.2, -0.15) is 0 Å². The van der Waals surface area contributed by atoms with Crippen LogP contribution in [0.1, 0.15) is 9.80 Å². The van der Waals surface area contributed by atoms with Crippen LogP contribution in [0.2, 0.25) is 4.47 Å². The summed E-state index contributed by atoms with van der Waals surface area (Å²) in [5.74, 6) is -0.292. The highest BCUT2D eigenvalue weighted by molar-refractivity contribution is 7.17. The van der Waals surface area contributed by atoms with E-state index in [1.807, 2.05) is 0 Å². The lowest BCUT2D eigenvalue weighted by Gasteiger charge is -2.04. The molecule has 0 fully saturated rings. The van der Waals surface area contributed by atoms with Crippen molar-refractivity contribution in [2.24, 2.45) is 0 Å². The summed E-state index contributed by atoms with van der Waals surface area (Å²) in [4.78, 5) is 11.4. The van der Waals surface area contributed by atoms with Crippen LogP contribution >= 0.6 is 22.9 Å². The first kappa shape index (κ1) is 13.3. The smallest absolute Gasteiger partial charge is 0.282 e. The van der Waals surface area contributed by atoms with Gasteiger partial charge < -0.3 is 14.8 Å². The van der Waals surface area contributed by atoms with Crippen molar-refractivity contribution in [3.8, 4) is 0 Å². The van der Waals surface area contributed by atoms with Gasteiger partial charge in [-0.05, 0) is 11.6 Å². The van der Waals surface area contributed by atoms with Gasteiger partial charge in [0, 0.05) is 13.7 Å². The molecule has 0 aliphatic rings. The zero-order valence-electron chi connectivity index (χ0n) is 8.73. The normalized spacial score (nSPS) is 10.4. The second kappa shape index (κ2) is 7.50. The molecule has 0 aromatic carbocycles. The Bertz CT molecular complexity index is 334. The van der Waals surface area contributed by atoms with Gasteiger partial charge in [-0.25, -0.2) is 0 Å². The molecule has 0 radical (unpaired) electrons. The Labute approximate surface area is 102 Å². The summed E-state index contributed by atoms with van der Waals surface area (Å²) >= 11 is 6.59. The van der Waals surface area contributed by atoms with Gasteiger partial charge in [0.25, 0.3) is 5.91 Å². The fourth-order valence-corrected chi connectivity index (χ4v) is 1.60. The summed E-state index contributed by atoms with van der Waals surface area (Å²) in [5.41, 5.74) is 0. The van der Waals surface area contributed by atoms with Gasteiger partial charge in [-0.15, -0.1) is 10.2 Å². The molecule has 1 aromatic heterocycles. The van der Waals surface area contributed by atoms with Crippen LogP contribution in [0.25, 0.3) is 0 Å². The predicted molar refractivity (Wildman–Crippen MR) is 59.9 cm³/mol. The van der Waals surface area contributed by atoms with E-state index in [1.54, 1.807) is 7.11 Å². The maximum atomic E-state index is 11.4. The number of rotatable bonds is 7. The second-order valence-corrected chi connectivity index (χ2v) is 4.28. The maximum absolute atomic E-state index is 11.4. The number of aromatic nitrogens is 2. The van der Waals surface area contributed by atoms with Crippen LogP contribution in [-0.2, 0) is 9.47 Å². The molecule has 0 bridgehead atoms. The molecule has 90 valence electrons. The number of hydrogen-bond acceptors (Lipinski definition) is 6. The van der Waals surface area contributed by atoms with E-state index in [1.165, 1.54) is 0 Å². The number of methoxy groups -OCH3 is 1. The first-order valence-electron chi connectivity index (χ1n) is 4.58. The van der Waals surface area contributed by atoms with Crippen molar-refractivity contribution in [2.75, 3.05) is 33.5 Å². The van der Waals surface area contributed by atoms with Crippen molar-refractivity contribution >= 4 is 28.8 Å². The SMILES string of the molecule is COCCOCCNC(=O)c1nnc(Cl)s1. The average Bonchev–Trinajstić information content (AvgIpc) is 2.70. The van der Waals surface area contributed by atoms with Crippen molar-refractivity contribution in [3.63, 3.8) is 0 Å². The largest absolute Gasteiger partial charge is 0.382 e. The standard InChI is InChI=1S/C8H12ClN3O3S/c1-14-4-5-15-3-2-10-6(13)7-11-12-8(9)16-7/h2-5H2,1H3,(H,10,13). The van der Waals surface area contributed by atoms with Gasteiger partial charge >= 0.3 is 0 Å². The van der Waals surface area contributed by atoms with Gasteiger partial charge in [0.05, 0.1) is 19.8 Å². The fourth-order valence-electron chi connectivity index (χ4n) is 0.854. The van der Waals surface area contributed by atoms with Crippen molar-refractivity contribution in [1.29, 1.82) is 0 Å². The Balaban J connectivity index is 2.11. The van der Waals surface area contributed by atoms with Gasteiger partial charge in [0.2, 0.25) is 9.47 Å². The molecule has 1 N–H and O–H groups in total. The second-order valence-electron chi connectivity index (χ2n) is 2.72. The molecule has 0 aliphatic carbocycles. The summed E-state index contributed by atoms with van der Waals surface area (Å²) in [6.45, 7) is 1.90. The topological polar surface area (TPSA) is 73.3 Å². The first-order chi connectivity index (χ1) is 7.74. The number of nitrogens with one attached hydrogen (secondary N) is 1. The van der Waals surface area contributed by atoms with Crippen LogP contribution in [0.5, 0.6) is 0 Å². The highest BCUT2D eigenvalue weighted by atomic mass is 35.5. The molecule has 1 amide bonds. The van der Waals surface area contributed by atoms with Gasteiger partial charge in [-0.1, -0.05) is 11.3 Å². The third kappa shape index (κ3) is 4.84. The molecule has 1 heterocycles. The highest BCUT2D eigenvalue weighted by Gasteiger charge is 2.10. The summed E-state index contributed by atoms with van der Waals surface area (Å²) < 4.78 is 10.2. The number of nitrogens with zero attached hydrogens (tertiary/aromatic N) is 2. The molecule has 1 rings (SSSR count). The third-order valence-corrected chi connectivity index (χ3v) is 2.58. The fraction of sp³-hybridized carbons (Fsp3) is 0.625. The molecule has 16 heavy (non-hydrogen) atoms. The third-order valence-electron chi connectivity index (χ3n) is 1.56. The minimum Gasteiger partial charge on any atom is -0.382 e. The van der Waals surface area contributed by atoms with Crippen LogP contribution in [0.15, 0.2) is 0 Å². The number of halogens is 1. The van der Waals surface area contributed by atoms with E-state index in [0.29, 0.717) is 26.4 Å². The van der Waals surface area contributed by atoms with Crippen molar-refractivity contribution < 1.29 is 14.3 Å². The molecule has 0 unspecified atom stereocenters. The van der Waals surface area contributed by atoms with Crippen molar-refractivity contribution in [3.05, 3.63) is 9.47 Å². The molecule has 0 aliphatic heterocycles. The van der Waals surface area contributed by atoms with E-state index >= 15 is 0 Å². The van der Waals surface area contributed by atoms with Crippen LogP contribution in [0.3, 0.4) is 0 Å². The highest BCUT2D eigenvalue weighted by Crippen LogP contribution is 2.14. The van der Waals surface area contributed by atoms with E-state index in [4.69, 9.17) is 21.1 Å². The van der Waals surface area contributed by atoms with Crippen molar-refractivity contribution in [2.45, 2.75) is 0 Å². The minimum absolute atomic E-state index is 0.251.